The normalized spacial score (nSPS) is 17.2. The van der Waals surface area contributed by atoms with Crippen LogP contribution in [0.15, 0.2) is 46.9 Å². The minimum absolute atomic E-state index is 0.0324. The van der Waals surface area contributed by atoms with Gasteiger partial charge in [-0.1, -0.05) is 19.1 Å². The number of ether oxygens (including phenoxy) is 1. The second kappa shape index (κ2) is 7.01. The Hall–Kier alpha value is -2.12. The van der Waals surface area contributed by atoms with E-state index in [1.54, 1.807) is 0 Å². The topological polar surface area (TPSA) is 55.3 Å². The van der Waals surface area contributed by atoms with Crippen molar-refractivity contribution in [2.24, 2.45) is 0 Å². The SMILES string of the molecule is CC1CCN(C(=O)COc2ncnc3sccc23)c2ccccc2S1. The Morgan fingerprint density at radius 1 is 1.32 bits per heavy atom. The third kappa shape index (κ3) is 3.34. The van der Waals surface area contributed by atoms with Crippen LogP contribution in [-0.4, -0.2) is 34.3 Å². The molecule has 0 N–H and O–H groups in total. The molecule has 1 aliphatic rings. The number of benzene rings is 1. The minimum Gasteiger partial charge on any atom is -0.467 e. The van der Waals surface area contributed by atoms with Crippen LogP contribution in [0.25, 0.3) is 10.2 Å². The highest BCUT2D eigenvalue weighted by molar-refractivity contribution is 8.00. The van der Waals surface area contributed by atoms with Crippen molar-refractivity contribution in [1.29, 1.82) is 0 Å². The number of amides is 1. The molecule has 4 rings (SSSR count). The molecule has 0 spiro atoms. The van der Waals surface area contributed by atoms with E-state index >= 15 is 0 Å². The molecule has 128 valence electrons. The molecule has 2 aromatic heterocycles. The summed E-state index contributed by atoms with van der Waals surface area (Å²) in [6.07, 6.45) is 2.42. The van der Waals surface area contributed by atoms with Crippen LogP contribution in [0.5, 0.6) is 5.88 Å². The molecule has 5 nitrogen and oxygen atoms in total. The Morgan fingerprint density at radius 3 is 3.12 bits per heavy atom. The molecule has 7 heteroatoms. The van der Waals surface area contributed by atoms with E-state index in [0.717, 1.165) is 27.2 Å². The minimum atomic E-state index is -0.0517. The molecule has 0 fully saturated rings. The second-order valence-corrected chi connectivity index (χ2v) is 8.21. The van der Waals surface area contributed by atoms with Crippen LogP contribution in [0, 0.1) is 0 Å². The monoisotopic (exact) mass is 371 g/mol. The van der Waals surface area contributed by atoms with Crippen LogP contribution >= 0.6 is 23.1 Å². The van der Waals surface area contributed by atoms with E-state index in [0.29, 0.717) is 17.7 Å². The van der Waals surface area contributed by atoms with Crippen LogP contribution in [0.4, 0.5) is 5.69 Å². The van der Waals surface area contributed by atoms with Gasteiger partial charge in [0.15, 0.2) is 6.61 Å². The van der Waals surface area contributed by atoms with Crippen molar-refractivity contribution in [3.05, 3.63) is 42.0 Å². The number of aromatic nitrogens is 2. The van der Waals surface area contributed by atoms with Gasteiger partial charge >= 0.3 is 0 Å². The summed E-state index contributed by atoms with van der Waals surface area (Å²) < 4.78 is 5.73. The van der Waals surface area contributed by atoms with Crippen LogP contribution in [0.1, 0.15) is 13.3 Å². The quantitative estimate of drug-likeness (QED) is 0.697. The molecule has 0 bridgehead atoms. The fraction of sp³-hybridized carbons (Fsp3) is 0.278. The molecule has 1 aromatic carbocycles. The smallest absolute Gasteiger partial charge is 0.265 e. The maximum absolute atomic E-state index is 12.8. The maximum atomic E-state index is 12.8. The predicted octanol–water partition coefficient (Wildman–Crippen LogP) is 3.99. The Balaban J connectivity index is 1.54. The number of fused-ring (bicyclic) bond motifs is 2. The Labute approximate surface area is 154 Å². The summed E-state index contributed by atoms with van der Waals surface area (Å²) in [6, 6.07) is 9.97. The van der Waals surface area contributed by atoms with Gasteiger partial charge in [-0.2, -0.15) is 0 Å². The third-order valence-electron chi connectivity index (χ3n) is 4.10. The van der Waals surface area contributed by atoms with E-state index in [-0.39, 0.29) is 12.5 Å². The van der Waals surface area contributed by atoms with E-state index in [1.165, 1.54) is 17.7 Å². The Morgan fingerprint density at radius 2 is 2.20 bits per heavy atom. The number of rotatable bonds is 3. The van der Waals surface area contributed by atoms with E-state index in [1.807, 2.05) is 46.3 Å². The molecule has 1 atom stereocenters. The zero-order valence-electron chi connectivity index (χ0n) is 13.7. The standard InChI is InChI=1S/C18H17N3O2S2/c1-12-6-8-21(14-4-2-3-5-15(14)25-12)16(22)10-23-17-13-7-9-24-18(13)20-11-19-17/h2-5,7,9,11-12H,6,8,10H2,1H3. The van der Waals surface area contributed by atoms with Crippen molar-refractivity contribution in [3.63, 3.8) is 0 Å². The average Bonchev–Trinajstić information content (AvgIpc) is 3.03. The number of para-hydroxylation sites is 1. The van der Waals surface area contributed by atoms with Gasteiger partial charge in [-0.3, -0.25) is 4.79 Å². The van der Waals surface area contributed by atoms with Gasteiger partial charge in [0.05, 0.1) is 11.1 Å². The van der Waals surface area contributed by atoms with Crippen LogP contribution < -0.4 is 9.64 Å². The van der Waals surface area contributed by atoms with E-state index in [4.69, 9.17) is 4.74 Å². The van der Waals surface area contributed by atoms with Gasteiger partial charge in [-0.25, -0.2) is 9.97 Å². The van der Waals surface area contributed by atoms with Gasteiger partial charge in [0, 0.05) is 16.7 Å². The summed E-state index contributed by atoms with van der Waals surface area (Å²) in [4.78, 5) is 25.0. The zero-order chi connectivity index (χ0) is 17.2. The van der Waals surface area contributed by atoms with Gasteiger partial charge in [-0.05, 0) is 30.0 Å². The lowest BCUT2D eigenvalue weighted by Crippen LogP contribution is -2.36. The molecule has 3 heterocycles. The van der Waals surface area contributed by atoms with Crippen LogP contribution in [0.2, 0.25) is 0 Å². The summed E-state index contributed by atoms with van der Waals surface area (Å²) in [6.45, 7) is 2.86. The van der Waals surface area contributed by atoms with Gasteiger partial charge in [0.25, 0.3) is 5.91 Å². The largest absolute Gasteiger partial charge is 0.467 e. The highest BCUT2D eigenvalue weighted by Gasteiger charge is 2.24. The molecule has 25 heavy (non-hydrogen) atoms. The molecule has 0 aliphatic carbocycles. The number of hydrogen-bond donors (Lipinski definition) is 0. The van der Waals surface area contributed by atoms with Gasteiger partial charge in [0.1, 0.15) is 11.2 Å². The first-order chi connectivity index (χ1) is 12.2. The number of nitrogens with zero attached hydrogens (tertiary/aromatic N) is 3. The lowest BCUT2D eigenvalue weighted by atomic mass is 10.2. The highest BCUT2D eigenvalue weighted by atomic mass is 32.2. The summed E-state index contributed by atoms with van der Waals surface area (Å²) in [5.74, 6) is 0.412. The molecule has 1 aliphatic heterocycles. The first kappa shape index (κ1) is 16.4. The third-order valence-corrected chi connectivity index (χ3v) is 6.16. The van der Waals surface area contributed by atoms with Gasteiger partial charge in [0.2, 0.25) is 5.88 Å². The average molecular weight is 371 g/mol. The van der Waals surface area contributed by atoms with Crippen molar-refractivity contribution in [2.45, 2.75) is 23.5 Å². The molecular weight excluding hydrogens is 354 g/mol. The number of thioether (sulfide) groups is 1. The molecule has 1 unspecified atom stereocenters. The fourth-order valence-electron chi connectivity index (χ4n) is 2.84. The zero-order valence-corrected chi connectivity index (χ0v) is 15.3. The van der Waals surface area contributed by atoms with E-state index < -0.39 is 0 Å². The molecular formula is C18H17N3O2S2. The summed E-state index contributed by atoms with van der Waals surface area (Å²) >= 11 is 3.35. The molecule has 3 aromatic rings. The molecule has 1 amide bonds. The van der Waals surface area contributed by atoms with Crippen LogP contribution in [-0.2, 0) is 4.79 Å². The van der Waals surface area contributed by atoms with Gasteiger partial charge in [-0.15, -0.1) is 23.1 Å². The number of thiophene rings is 1. The number of anilines is 1. The molecule has 0 radical (unpaired) electrons. The lowest BCUT2D eigenvalue weighted by molar-refractivity contribution is -0.120. The Kier molecular flexibility index (Phi) is 4.59. The number of carbonyl (C=O) groups is 1. The highest BCUT2D eigenvalue weighted by Crippen LogP contribution is 2.37. The van der Waals surface area contributed by atoms with E-state index in [9.17, 15) is 4.79 Å². The summed E-state index contributed by atoms with van der Waals surface area (Å²) in [5.41, 5.74) is 0.966. The molecule has 0 saturated heterocycles. The number of hydrogen-bond acceptors (Lipinski definition) is 6. The first-order valence-electron chi connectivity index (χ1n) is 8.09. The van der Waals surface area contributed by atoms with Gasteiger partial charge < -0.3 is 9.64 Å². The maximum Gasteiger partial charge on any atom is 0.265 e. The number of carbonyl (C=O) groups excluding carboxylic acids is 1. The summed E-state index contributed by atoms with van der Waals surface area (Å²) in [7, 11) is 0. The Bertz CT molecular complexity index is 912. The fourth-order valence-corrected chi connectivity index (χ4v) is 4.67. The second-order valence-electron chi connectivity index (χ2n) is 5.84. The van der Waals surface area contributed by atoms with Crippen molar-refractivity contribution in [1.82, 2.24) is 9.97 Å². The van der Waals surface area contributed by atoms with Crippen molar-refractivity contribution in [2.75, 3.05) is 18.1 Å². The summed E-state index contributed by atoms with van der Waals surface area (Å²) in [5, 5.41) is 3.27. The predicted molar refractivity (Wildman–Crippen MR) is 102 cm³/mol. The van der Waals surface area contributed by atoms with Crippen molar-refractivity contribution >= 4 is 44.9 Å². The molecule has 0 saturated carbocycles. The van der Waals surface area contributed by atoms with Crippen molar-refractivity contribution in [3.8, 4) is 5.88 Å². The van der Waals surface area contributed by atoms with Crippen molar-refractivity contribution < 1.29 is 9.53 Å². The van der Waals surface area contributed by atoms with Crippen LogP contribution in [0.3, 0.4) is 0 Å². The lowest BCUT2D eigenvalue weighted by Gasteiger charge is -2.22. The van der Waals surface area contributed by atoms with E-state index in [2.05, 4.69) is 23.0 Å². The first-order valence-corrected chi connectivity index (χ1v) is 9.85.